The second-order valence-electron chi connectivity index (χ2n) is 5.48. The lowest BCUT2D eigenvalue weighted by atomic mass is 10.0. The molecular formula is C14H20N2O2S. The minimum absolute atomic E-state index is 0.210. The van der Waals surface area contributed by atoms with Crippen molar-refractivity contribution in [1.82, 2.24) is 4.98 Å². The Balaban J connectivity index is 1.53. The highest BCUT2D eigenvalue weighted by molar-refractivity contribution is 7.16. The van der Waals surface area contributed by atoms with Gasteiger partial charge >= 0.3 is 0 Å². The Morgan fingerprint density at radius 2 is 2.26 bits per heavy atom. The summed E-state index contributed by atoms with van der Waals surface area (Å²) in [6.07, 6.45) is 5.30. The van der Waals surface area contributed by atoms with Crippen LogP contribution in [0.3, 0.4) is 0 Å². The van der Waals surface area contributed by atoms with E-state index in [2.05, 4.69) is 9.88 Å². The second kappa shape index (κ2) is 5.59. The fourth-order valence-electron chi connectivity index (χ4n) is 2.25. The molecule has 0 aliphatic heterocycles. The van der Waals surface area contributed by atoms with Crippen LogP contribution in [0.5, 0.6) is 0 Å². The maximum absolute atomic E-state index is 11.8. The van der Waals surface area contributed by atoms with Gasteiger partial charge in [0.25, 0.3) is 0 Å². The third-order valence-electron chi connectivity index (χ3n) is 3.71. The predicted molar refractivity (Wildman–Crippen MR) is 76.2 cm³/mol. The number of nitrogens with zero attached hydrogens (tertiary/aromatic N) is 2. The van der Waals surface area contributed by atoms with Crippen LogP contribution in [0.1, 0.15) is 41.0 Å². The number of aromatic nitrogens is 1. The molecule has 1 saturated carbocycles. The molecule has 0 N–H and O–H groups in total. The molecule has 2 aliphatic rings. The smallest absolute Gasteiger partial charge is 0.186 e. The highest BCUT2D eigenvalue weighted by Crippen LogP contribution is 2.31. The van der Waals surface area contributed by atoms with E-state index in [4.69, 9.17) is 4.74 Å². The lowest BCUT2D eigenvalue weighted by molar-refractivity contribution is 0.0968. The van der Waals surface area contributed by atoms with Gasteiger partial charge in [-0.25, -0.2) is 4.98 Å². The Morgan fingerprint density at radius 1 is 1.42 bits per heavy atom. The number of fused-ring (bicyclic) bond motifs is 1. The van der Waals surface area contributed by atoms with Crippen molar-refractivity contribution < 1.29 is 9.53 Å². The first-order chi connectivity index (χ1) is 9.24. The highest BCUT2D eigenvalue weighted by Gasteiger charge is 2.23. The number of ketones is 1. The Hall–Kier alpha value is -0.940. The summed E-state index contributed by atoms with van der Waals surface area (Å²) in [4.78, 5) is 19.5. The van der Waals surface area contributed by atoms with E-state index in [1.165, 1.54) is 12.8 Å². The fraction of sp³-hybridized carbons (Fsp3) is 0.714. The number of aryl methyl sites for hydroxylation is 1. The number of hydrogen-bond acceptors (Lipinski definition) is 5. The molecule has 4 nitrogen and oxygen atoms in total. The van der Waals surface area contributed by atoms with Gasteiger partial charge in [0.15, 0.2) is 10.9 Å². The van der Waals surface area contributed by atoms with Crippen molar-refractivity contribution in [3.8, 4) is 0 Å². The van der Waals surface area contributed by atoms with E-state index < -0.39 is 0 Å². The van der Waals surface area contributed by atoms with Crippen LogP contribution >= 0.6 is 11.3 Å². The molecule has 0 radical (unpaired) electrons. The quantitative estimate of drug-likeness (QED) is 0.751. The second-order valence-corrected chi connectivity index (χ2v) is 6.55. The summed E-state index contributed by atoms with van der Waals surface area (Å²) in [5.74, 6) is 1.03. The van der Waals surface area contributed by atoms with Gasteiger partial charge in [-0.15, -0.1) is 11.3 Å². The fourth-order valence-corrected chi connectivity index (χ4v) is 3.36. The number of ether oxygens (including phenoxy) is 1. The predicted octanol–water partition coefficient (Wildman–Crippen LogP) is 2.52. The van der Waals surface area contributed by atoms with E-state index in [1.807, 2.05) is 7.05 Å². The SMILES string of the molecule is CN(CCOCC1CC1)c1nc2c(s1)CCCC2=O. The Kier molecular flexibility index (Phi) is 3.84. The van der Waals surface area contributed by atoms with E-state index in [0.717, 1.165) is 54.2 Å². The summed E-state index contributed by atoms with van der Waals surface area (Å²) in [5, 5.41) is 0.954. The summed E-state index contributed by atoms with van der Waals surface area (Å²) < 4.78 is 5.64. The number of carbonyl (C=O) groups excluding carboxylic acids is 1. The topological polar surface area (TPSA) is 42.4 Å². The van der Waals surface area contributed by atoms with Crippen LogP contribution in [0, 0.1) is 5.92 Å². The van der Waals surface area contributed by atoms with Gasteiger partial charge in [0, 0.05) is 31.5 Å². The Labute approximate surface area is 117 Å². The maximum Gasteiger partial charge on any atom is 0.186 e. The van der Waals surface area contributed by atoms with E-state index in [0.29, 0.717) is 6.42 Å². The Bertz CT molecular complexity index is 468. The summed E-state index contributed by atoms with van der Waals surface area (Å²) in [5.41, 5.74) is 0.719. The third kappa shape index (κ3) is 3.15. The van der Waals surface area contributed by atoms with Crippen molar-refractivity contribution >= 4 is 22.3 Å². The maximum atomic E-state index is 11.8. The van der Waals surface area contributed by atoms with Crippen LogP contribution in [0.15, 0.2) is 0 Å². The molecule has 1 fully saturated rings. The van der Waals surface area contributed by atoms with Gasteiger partial charge in [-0.3, -0.25) is 4.79 Å². The average Bonchev–Trinajstić information content (AvgIpc) is 3.11. The van der Waals surface area contributed by atoms with Gasteiger partial charge in [0.05, 0.1) is 6.61 Å². The van der Waals surface area contributed by atoms with Gasteiger partial charge in [0.1, 0.15) is 5.69 Å². The van der Waals surface area contributed by atoms with Gasteiger partial charge in [-0.05, 0) is 31.6 Å². The molecule has 0 bridgehead atoms. The zero-order valence-electron chi connectivity index (χ0n) is 11.4. The summed E-state index contributed by atoms with van der Waals surface area (Å²) in [6, 6.07) is 0. The van der Waals surface area contributed by atoms with Crippen molar-refractivity contribution in [2.24, 2.45) is 5.92 Å². The molecular weight excluding hydrogens is 260 g/mol. The molecule has 1 aromatic rings. The van der Waals surface area contributed by atoms with E-state index in [1.54, 1.807) is 11.3 Å². The number of likely N-dealkylation sites (N-methyl/N-ethyl adjacent to an activating group) is 1. The van der Waals surface area contributed by atoms with Crippen molar-refractivity contribution in [3.63, 3.8) is 0 Å². The van der Waals surface area contributed by atoms with Gasteiger partial charge in [-0.1, -0.05) is 0 Å². The van der Waals surface area contributed by atoms with Crippen LogP contribution in [0.4, 0.5) is 5.13 Å². The lowest BCUT2D eigenvalue weighted by Gasteiger charge is -2.15. The van der Waals surface area contributed by atoms with Crippen LogP contribution in [-0.2, 0) is 11.2 Å². The van der Waals surface area contributed by atoms with Crippen LogP contribution in [-0.4, -0.2) is 37.6 Å². The zero-order valence-corrected chi connectivity index (χ0v) is 12.2. The molecule has 2 aliphatic carbocycles. The van der Waals surface area contributed by atoms with E-state index >= 15 is 0 Å². The molecule has 0 amide bonds. The third-order valence-corrected chi connectivity index (χ3v) is 4.94. The molecule has 5 heteroatoms. The molecule has 0 unspecified atom stereocenters. The number of anilines is 1. The average molecular weight is 280 g/mol. The number of Topliss-reactive ketones (excluding diaryl/α,β-unsaturated/α-hetero) is 1. The molecule has 3 rings (SSSR count). The normalized spacial score (nSPS) is 18.5. The number of rotatable bonds is 6. The first-order valence-electron chi connectivity index (χ1n) is 7.06. The molecule has 0 aromatic carbocycles. The molecule has 1 aromatic heterocycles. The highest BCUT2D eigenvalue weighted by atomic mass is 32.1. The summed E-state index contributed by atoms with van der Waals surface area (Å²) in [7, 11) is 2.02. The largest absolute Gasteiger partial charge is 0.379 e. The van der Waals surface area contributed by atoms with E-state index in [-0.39, 0.29) is 5.78 Å². The van der Waals surface area contributed by atoms with Crippen molar-refractivity contribution in [3.05, 3.63) is 10.6 Å². The monoisotopic (exact) mass is 280 g/mol. The van der Waals surface area contributed by atoms with Crippen LogP contribution in [0.2, 0.25) is 0 Å². The van der Waals surface area contributed by atoms with Crippen molar-refractivity contribution in [2.45, 2.75) is 32.1 Å². The summed E-state index contributed by atoms with van der Waals surface area (Å²) in [6.45, 7) is 2.49. The van der Waals surface area contributed by atoms with Gasteiger partial charge < -0.3 is 9.64 Å². The van der Waals surface area contributed by atoms with Gasteiger partial charge in [0.2, 0.25) is 0 Å². The first-order valence-corrected chi connectivity index (χ1v) is 7.87. The van der Waals surface area contributed by atoms with Crippen LogP contribution in [0.25, 0.3) is 0 Å². The molecule has 0 spiro atoms. The van der Waals surface area contributed by atoms with E-state index in [9.17, 15) is 4.79 Å². The number of hydrogen-bond donors (Lipinski definition) is 0. The minimum atomic E-state index is 0.210. The number of carbonyl (C=O) groups is 1. The van der Waals surface area contributed by atoms with Crippen molar-refractivity contribution in [1.29, 1.82) is 0 Å². The molecule has 104 valence electrons. The Morgan fingerprint density at radius 3 is 3.00 bits per heavy atom. The van der Waals surface area contributed by atoms with Crippen LogP contribution < -0.4 is 4.90 Å². The summed E-state index contributed by atoms with van der Waals surface area (Å²) >= 11 is 1.66. The zero-order chi connectivity index (χ0) is 13.2. The molecule has 19 heavy (non-hydrogen) atoms. The first kappa shape index (κ1) is 13.1. The number of thiazole rings is 1. The molecule has 0 saturated heterocycles. The molecule has 1 heterocycles. The minimum Gasteiger partial charge on any atom is -0.379 e. The standard InChI is InChI=1S/C14H20N2O2S/c1-16(7-8-18-9-10-5-6-10)14-15-13-11(17)3-2-4-12(13)19-14/h10H,2-9H2,1H3. The van der Waals surface area contributed by atoms with Gasteiger partial charge in [-0.2, -0.15) is 0 Å². The molecule has 0 atom stereocenters. The van der Waals surface area contributed by atoms with Crippen molar-refractivity contribution in [2.75, 3.05) is 31.7 Å². The lowest BCUT2D eigenvalue weighted by Crippen LogP contribution is -2.23.